The zero-order valence-electron chi connectivity index (χ0n) is 10.9. The molecule has 0 atom stereocenters. The molecule has 0 heterocycles. The molecule has 1 aromatic carbocycles. The quantitative estimate of drug-likeness (QED) is 0.757. The lowest BCUT2D eigenvalue weighted by Crippen LogP contribution is -2.32. The van der Waals surface area contributed by atoms with Gasteiger partial charge in [-0.1, -0.05) is 15.9 Å². The van der Waals surface area contributed by atoms with E-state index in [0.717, 1.165) is 5.33 Å². The number of nitrogens with zero attached hydrogens (tertiary/aromatic N) is 1. The maximum Gasteiger partial charge on any atom is 0.257 e. The zero-order chi connectivity index (χ0) is 13.5. The Labute approximate surface area is 116 Å². The predicted molar refractivity (Wildman–Crippen MR) is 74.9 cm³/mol. The summed E-state index contributed by atoms with van der Waals surface area (Å²) in [5.41, 5.74) is 0.527. The summed E-state index contributed by atoms with van der Waals surface area (Å²) in [4.78, 5) is 14.1. The summed E-state index contributed by atoms with van der Waals surface area (Å²) in [6.45, 7) is 3.27. The van der Waals surface area contributed by atoms with Gasteiger partial charge in [0.25, 0.3) is 5.91 Å². The summed E-state index contributed by atoms with van der Waals surface area (Å²) in [7, 11) is 3.13. The van der Waals surface area contributed by atoms with Crippen LogP contribution in [0.25, 0.3) is 0 Å². The number of halogens is 1. The highest BCUT2D eigenvalue weighted by Crippen LogP contribution is 2.25. The number of benzene rings is 1. The molecule has 1 amide bonds. The fourth-order valence-corrected chi connectivity index (χ4v) is 2.08. The van der Waals surface area contributed by atoms with Gasteiger partial charge in [0, 0.05) is 18.4 Å². The van der Waals surface area contributed by atoms with Crippen molar-refractivity contribution in [1.82, 2.24) is 4.90 Å². The van der Waals surface area contributed by atoms with Crippen LogP contribution in [-0.4, -0.2) is 43.4 Å². The van der Waals surface area contributed by atoms with Crippen molar-refractivity contribution in [2.75, 3.05) is 32.6 Å². The second-order valence-electron chi connectivity index (χ2n) is 3.64. The molecule has 0 bridgehead atoms. The molecule has 1 rings (SSSR count). The number of rotatable bonds is 6. The van der Waals surface area contributed by atoms with Crippen molar-refractivity contribution in [3.8, 4) is 11.5 Å². The van der Waals surface area contributed by atoms with Crippen molar-refractivity contribution in [3.05, 3.63) is 23.8 Å². The van der Waals surface area contributed by atoms with Crippen molar-refractivity contribution >= 4 is 21.8 Å². The predicted octanol–water partition coefficient (Wildman–Crippen LogP) is 2.56. The molecule has 0 aliphatic carbocycles. The van der Waals surface area contributed by atoms with Gasteiger partial charge in [-0.3, -0.25) is 4.79 Å². The van der Waals surface area contributed by atoms with Crippen LogP contribution in [-0.2, 0) is 0 Å². The lowest BCUT2D eigenvalue weighted by atomic mass is 10.1. The van der Waals surface area contributed by atoms with E-state index in [4.69, 9.17) is 9.47 Å². The van der Waals surface area contributed by atoms with E-state index in [9.17, 15) is 4.79 Å². The molecule has 0 saturated carbocycles. The highest BCUT2D eigenvalue weighted by molar-refractivity contribution is 9.09. The molecule has 4 nitrogen and oxygen atoms in total. The van der Waals surface area contributed by atoms with Crippen molar-refractivity contribution in [3.63, 3.8) is 0 Å². The SMILES string of the molecule is CCN(CCBr)C(=O)c1cc(OC)ccc1OC. The molecule has 0 aliphatic heterocycles. The van der Waals surface area contributed by atoms with Gasteiger partial charge in [-0.2, -0.15) is 0 Å². The summed E-state index contributed by atoms with van der Waals surface area (Å²) in [6.07, 6.45) is 0. The molecule has 100 valence electrons. The minimum Gasteiger partial charge on any atom is -0.497 e. The number of hydrogen-bond donors (Lipinski definition) is 0. The van der Waals surface area contributed by atoms with Crippen LogP contribution in [0.3, 0.4) is 0 Å². The molecule has 0 N–H and O–H groups in total. The monoisotopic (exact) mass is 315 g/mol. The third-order valence-corrected chi connectivity index (χ3v) is 3.02. The van der Waals surface area contributed by atoms with Gasteiger partial charge in [-0.15, -0.1) is 0 Å². The van der Waals surface area contributed by atoms with Gasteiger partial charge >= 0.3 is 0 Å². The highest BCUT2D eigenvalue weighted by Gasteiger charge is 2.18. The third-order valence-electron chi connectivity index (χ3n) is 2.66. The Balaban J connectivity index is 3.08. The highest BCUT2D eigenvalue weighted by atomic mass is 79.9. The Bertz CT molecular complexity index is 409. The largest absolute Gasteiger partial charge is 0.497 e. The van der Waals surface area contributed by atoms with Crippen molar-refractivity contribution in [2.24, 2.45) is 0 Å². The minimum atomic E-state index is -0.0484. The molecule has 0 fully saturated rings. The molecule has 18 heavy (non-hydrogen) atoms. The van der Waals surface area contributed by atoms with Gasteiger partial charge in [-0.25, -0.2) is 0 Å². The number of carbonyl (C=O) groups excluding carboxylic acids is 1. The van der Waals surface area contributed by atoms with Crippen LogP contribution in [0.5, 0.6) is 11.5 Å². The summed E-state index contributed by atoms with van der Waals surface area (Å²) < 4.78 is 10.4. The van der Waals surface area contributed by atoms with Crippen LogP contribution in [0.1, 0.15) is 17.3 Å². The van der Waals surface area contributed by atoms with Crippen molar-refractivity contribution in [1.29, 1.82) is 0 Å². The number of amides is 1. The van der Waals surface area contributed by atoms with E-state index >= 15 is 0 Å². The minimum absolute atomic E-state index is 0.0484. The average Bonchev–Trinajstić information content (AvgIpc) is 2.43. The normalized spacial score (nSPS) is 10.0. The molecule has 0 saturated heterocycles. The topological polar surface area (TPSA) is 38.8 Å². The van der Waals surface area contributed by atoms with Gasteiger partial charge in [0.2, 0.25) is 0 Å². The standard InChI is InChI=1S/C13H18BrNO3/c1-4-15(8-7-14)13(16)11-9-10(17-2)5-6-12(11)18-3/h5-6,9H,4,7-8H2,1-3H3. The van der Waals surface area contributed by atoms with E-state index < -0.39 is 0 Å². The Hall–Kier alpha value is -1.23. The molecule has 0 unspecified atom stereocenters. The Kier molecular flexibility index (Phi) is 5.98. The summed E-state index contributed by atoms with van der Waals surface area (Å²) in [5, 5.41) is 0.749. The number of carbonyl (C=O) groups is 1. The number of alkyl halides is 1. The first-order valence-corrected chi connectivity index (χ1v) is 6.87. The lowest BCUT2D eigenvalue weighted by molar-refractivity contribution is 0.0771. The molecule has 0 aromatic heterocycles. The van der Waals surface area contributed by atoms with Crippen LogP contribution < -0.4 is 9.47 Å². The molecule has 0 radical (unpaired) electrons. The lowest BCUT2D eigenvalue weighted by Gasteiger charge is -2.21. The molecular weight excluding hydrogens is 298 g/mol. The molecule has 5 heteroatoms. The first-order chi connectivity index (χ1) is 8.67. The third kappa shape index (κ3) is 3.38. The summed E-state index contributed by atoms with van der Waals surface area (Å²) >= 11 is 3.35. The van der Waals surface area contributed by atoms with E-state index in [0.29, 0.717) is 30.2 Å². The molecular formula is C13H18BrNO3. The van der Waals surface area contributed by atoms with Crippen LogP contribution in [0.4, 0.5) is 0 Å². The van der Waals surface area contributed by atoms with E-state index in [1.807, 2.05) is 6.92 Å². The van der Waals surface area contributed by atoms with E-state index in [-0.39, 0.29) is 5.91 Å². The zero-order valence-corrected chi connectivity index (χ0v) is 12.5. The molecule has 0 aliphatic rings. The first-order valence-electron chi connectivity index (χ1n) is 5.75. The van der Waals surface area contributed by atoms with Gasteiger partial charge in [-0.05, 0) is 25.1 Å². The van der Waals surface area contributed by atoms with Crippen molar-refractivity contribution < 1.29 is 14.3 Å². The van der Waals surface area contributed by atoms with Crippen LogP contribution >= 0.6 is 15.9 Å². The second kappa shape index (κ2) is 7.26. The number of methoxy groups -OCH3 is 2. The molecule has 1 aromatic rings. The Morgan fingerprint density at radius 2 is 2.06 bits per heavy atom. The average molecular weight is 316 g/mol. The van der Waals surface area contributed by atoms with Crippen LogP contribution in [0.2, 0.25) is 0 Å². The van der Waals surface area contributed by atoms with Gasteiger partial charge in [0.1, 0.15) is 11.5 Å². The van der Waals surface area contributed by atoms with Gasteiger partial charge < -0.3 is 14.4 Å². The fourth-order valence-electron chi connectivity index (χ4n) is 1.66. The van der Waals surface area contributed by atoms with E-state index in [1.165, 1.54) is 0 Å². The summed E-state index contributed by atoms with van der Waals surface area (Å²) in [5.74, 6) is 1.16. The van der Waals surface area contributed by atoms with E-state index in [2.05, 4.69) is 15.9 Å². The number of ether oxygens (including phenoxy) is 2. The Morgan fingerprint density at radius 3 is 2.56 bits per heavy atom. The van der Waals surface area contributed by atoms with Crippen LogP contribution in [0.15, 0.2) is 18.2 Å². The maximum atomic E-state index is 12.4. The maximum absolute atomic E-state index is 12.4. The fraction of sp³-hybridized carbons (Fsp3) is 0.462. The molecule has 0 spiro atoms. The van der Waals surface area contributed by atoms with E-state index in [1.54, 1.807) is 37.3 Å². The second-order valence-corrected chi connectivity index (χ2v) is 4.43. The van der Waals surface area contributed by atoms with Gasteiger partial charge in [0.05, 0.1) is 19.8 Å². The van der Waals surface area contributed by atoms with Gasteiger partial charge in [0.15, 0.2) is 0 Å². The Morgan fingerprint density at radius 1 is 1.33 bits per heavy atom. The number of hydrogen-bond acceptors (Lipinski definition) is 3. The van der Waals surface area contributed by atoms with Crippen LogP contribution in [0, 0.1) is 0 Å². The smallest absolute Gasteiger partial charge is 0.257 e. The summed E-state index contributed by atoms with van der Waals surface area (Å²) in [6, 6.07) is 5.22. The first kappa shape index (κ1) is 14.8. The van der Waals surface area contributed by atoms with Crippen molar-refractivity contribution in [2.45, 2.75) is 6.92 Å².